The van der Waals surface area contributed by atoms with Crippen molar-refractivity contribution in [3.63, 3.8) is 0 Å². The van der Waals surface area contributed by atoms with Crippen molar-refractivity contribution in [2.75, 3.05) is 13.7 Å². The lowest BCUT2D eigenvalue weighted by molar-refractivity contribution is -0.149. The Labute approximate surface area is 150 Å². The van der Waals surface area contributed by atoms with Crippen molar-refractivity contribution in [3.05, 3.63) is 35.3 Å². The summed E-state index contributed by atoms with van der Waals surface area (Å²) in [6, 6.07) is 7.42. The zero-order valence-electron chi connectivity index (χ0n) is 14.5. The predicted octanol–water partition coefficient (Wildman–Crippen LogP) is 3.44. The highest BCUT2D eigenvalue weighted by molar-refractivity contribution is 7.16. The highest BCUT2D eigenvalue weighted by Gasteiger charge is 2.35. The van der Waals surface area contributed by atoms with Crippen molar-refractivity contribution >= 4 is 23.2 Å². The Morgan fingerprint density at radius 2 is 1.88 bits per heavy atom. The van der Waals surface area contributed by atoms with Crippen molar-refractivity contribution in [1.82, 2.24) is 10.3 Å². The van der Waals surface area contributed by atoms with Crippen LogP contribution in [0.1, 0.15) is 36.4 Å². The van der Waals surface area contributed by atoms with Gasteiger partial charge in [0.15, 0.2) is 0 Å². The summed E-state index contributed by atoms with van der Waals surface area (Å²) in [6.45, 7) is 3.74. The summed E-state index contributed by atoms with van der Waals surface area (Å²) in [5.41, 5.74) is -0.0362. The van der Waals surface area contributed by atoms with Crippen LogP contribution >= 0.6 is 11.3 Å². The molecule has 6 nitrogen and oxygen atoms in total. The summed E-state index contributed by atoms with van der Waals surface area (Å²) < 4.78 is 5.12. The van der Waals surface area contributed by atoms with E-state index >= 15 is 0 Å². The molecule has 0 aliphatic heterocycles. The predicted molar refractivity (Wildman–Crippen MR) is 97.1 cm³/mol. The molecule has 0 bridgehead atoms. The molecule has 25 heavy (non-hydrogen) atoms. The van der Waals surface area contributed by atoms with Crippen LogP contribution in [0.3, 0.4) is 0 Å². The maximum atomic E-state index is 12.3. The Kier molecular flexibility index (Phi) is 6.14. The van der Waals surface area contributed by atoms with E-state index in [1.165, 1.54) is 17.5 Å². The molecule has 2 N–H and O–H groups in total. The molecule has 0 atom stereocenters. The fourth-order valence-electron chi connectivity index (χ4n) is 2.46. The van der Waals surface area contributed by atoms with Gasteiger partial charge >= 0.3 is 5.97 Å². The van der Waals surface area contributed by atoms with Crippen LogP contribution in [0.2, 0.25) is 0 Å². The number of carboxylic acid groups (broad SMARTS) is 1. The number of rotatable bonds is 8. The molecule has 0 saturated carbocycles. The van der Waals surface area contributed by atoms with E-state index in [-0.39, 0.29) is 12.5 Å². The van der Waals surface area contributed by atoms with Gasteiger partial charge in [0.2, 0.25) is 0 Å². The van der Waals surface area contributed by atoms with E-state index in [0.717, 1.165) is 16.3 Å². The zero-order valence-corrected chi connectivity index (χ0v) is 15.4. The topological polar surface area (TPSA) is 88.5 Å². The summed E-state index contributed by atoms with van der Waals surface area (Å²) in [4.78, 5) is 28.6. The number of carbonyl (C=O) groups excluding carboxylic acids is 1. The molecule has 1 aromatic heterocycles. The van der Waals surface area contributed by atoms with Crippen molar-refractivity contribution < 1.29 is 19.4 Å². The molecule has 0 saturated heterocycles. The van der Waals surface area contributed by atoms with Crippen molar-refractivity contribution in [2.45, 2.75) is 26.7 Å². The third kappa shape index (κ3) is 4.17. The first kappa shape index (κ1) is 18.9. The number of carbonyl (C=O) groups is 2. The molecule has 0 radical (unpaired) electrons. The number of hydrogen-bond donors (Lipinski definition) is 2. The average Bonchev–Trinajstić information content (AvgIpc) is 3.13. The highest BCUT2D eigenvalue weighted by atomic mass is 32.1. The first-order valence-electron chi connectivity index (χ1n) is 8.07. The molecule has 0 unspecified atom stereocenters. The number of nitrogens with zero attached hydrogens (tertiary/aromatic N) is 1. The van der Waals surface area contributed by atoms with Crippen molar-refractivity contribution in [3.8, 4) is 16.3 Å². The van der Waals surface area contributed by atoms with Gasteiger partial charge < -0.3 is 15.2 Å². The van der Waals surface area contributed by atoms with E-state index in [1.54, 1.807) is 7.11 Å². The second-order valence-corrected chi connectivity index (χ2v) is 6.76. The minimum Gasteiger partial charge on any atom is -0.497 e. The van der Waals surface area contributed by atoms with Gasteiger partial charge in [0, 0.05) is 12.1 Å². The molecule has 1 heterocycles. The molecular formula is C18H22N2O4S. The first-order valence-corrected chi connectivity index (χ1v) is 8.89. The summed E-state index contributed by atoms with van der Waals surface area (Å²) in [5, 5.41) is 12.9. The molecule has 0 spiro atoms. The van der Waals surface area contributed by atoms with Gasteiger partial charge in [-0.2, -0.15) is 0 Å². The molecule has 1 amide bonds. The van der Waals surface area contributed by atoms with E-state index in [9.17, 15) is 14.7 Å². The molecular weight excluding hydrogens is 340 g/mol. The number of benzene rings is 1. The number of aliphatic carboxylic acids is 1. The lowest BCUT2D eigenvalue weighted by Gasteiger charge is -2.26. The van der Waals surface area contributed by atoms with Gasteiger partial charge in [-0.05, 0) is 37.1 Å². The Hall–Kier alpha value is -2.41. The second kappa shape index (κ2) is 8.11. The van der Waals surface area contributed by atoms with Crippen LogP contribution in [-0.4, -0.2) is 35.6 Å². The fourth-order valence-corrected chi connectivity index (χ4v) is 3.30. The second-order valence-electron chi connectivity index (χ2n) is 5.73. The number of amides is 1. The molecule has 2 rings (SSSR count). The average molecular weight is 362 g/mol. The molecule has 134 valence electrons. The summed E-state index contributed by atoms with van der Waals surface area (Å²) in [6.07, 6.45) is 2.43. The number of hydrogen-bond acceptors (Lipinski definition) is 5. The molecule has 0 fully saturated rings. The molecule has 0 aliphatic rings. The largest absolute Gasteiger partial charge is 0.497 e. The van der Waals surface area contributed by atoms with E-state index in [2.05, 4.69) is 10.3 Å². The maximum absolute atomic E-state index is 12.3. The van der Waals surface area contributed by atoms with E-state index in [0.29, 0.717) is 17.7 Å². The molecule has 2 aromatic rings. The monoisotopic (exact) mass is 362 g/mol. The summed E-state index contributed by atoms with van der Waals surface area (Å²) in [7, 11) is 1.60. The van der Waals surface area contributed by atoms with Gasteiger partial charge in [0.25, 0.3) is 5.91 Å². The number of carboxylic acids is 1. The lowest BCUT2D eigenvalue weighted by atomic mass is 9.82. The standard InChI is InChI=1S/C18H22N2O4S/c1-4-18(5-2,17(22)23)11-20-15(21)14-10-19-16(25-14)12-6-8-13(24-3)9-7-12/h6-10H,4-5,11H2,1-3H3,(H,20,21)(H,22,23). The van der Waals surface area contributed by atoms with Crippen LogP contribution in [0.4, 0.5) is 0 Å². The lowest BCUT2D eigenvalue weighted by Crippen LogP contribution is -2.42. The number of aromatic nitrogens is 1. The van der Waals surface area contributed by atoms with Gasteiger partial charge in [0.1, 0.15) is 15.6 Å². The Morgan fingerprint density at radius 1 is 1.24 bits per heavy atom. The highest BCUT2D eigenvalue weighted by Crippen LogP contribution is 2.28. The minimum atomic E-state index is -0.931. The normalized spacial score (nSPS) is 11.2. The maximum Gasteiger partial charge on any atom is 0.311 e. The van der Waals surface area contributed by atoms with Crippen LogP contribution in [0.25, 0.3) is 10.6 Å². The third-order valence-electron chi connectivity index (χ3n) is 4.46. The Morgan fingerprint density at radius 3 is 2.40 bits per heavy atom. The summed E-state index contributed by atoms with van der Waals surface area (Å²) >= 11 is 1.27. The number of nitrogens with one attached hydrogen (secondary N) is 1. The zero-order chi connectivity index (χ0) is 18.4. The Balaban J connectivity index is 2.08. The molecule has 0 aliphatic carbocycles. The first-order chi connectivity index (χ1) is 12.0. The number of ether oxygens (including phenoxy) is 1. The molecule has 1 aromatic carbocycles. The SMILES string of the molecule is CCC(CC)(CNC(=O)c1cnc(-c2ccc(OC)cc2)s1)C(=O)O. The smallest absolute Gasteiger partial charge is 0.311 e. The van der Waals surface area contributed by atoms with E-state index < -0.39 is 11.4 Å². The van der Waals surface area contributed by atoms with Crippen molar-refractivity contribution in [1.29, 1.82) is 0 Å². The molecule has 7 heteroatoms. The Bertz CT molecular complexity index is 736. The van der Waals surface area contributed by atoms with Crippen LogP contribution in [0.15, 0.2) is 30.5 Å². The van der Waals surface area contributed by atoms with Gasteiger partial charge in [-0.3, -0.25) is 9.59 Å². The van der Waals surface area contributed by atoms with Gasteiger partial charge in [-0.15, -0.1) is 11.3 Å². The van der Waals surface area contributed by atoms with Crippen LogP contribution in [-0.2, 0) is 4.79 Å². The van der Waals surface area contributed by atoms with E-state index in [1.807, 2.05) is 38.1 Å². The third-order valence-corrected chi connectivity index (χ3v) is 5.51. The van der Waals surface area contributed by atoms with Crippen LogP contribution in [0.5, 0.6) is 5.75 Å². The fraction of sp³-hybridized carbons (Fsp3) is 0.389. The van der Waals surface area contributed by atoms with Gasteiger partial charge in [0.05, 0.1) is 18.7 Å². The van der Waals surface area contributed by atoms with Crippen LogP contribution < -0.4 is 10.1 Å². The van der Waals surface area contributed by atoms with Crippen LogP contribution in [0, 0.1) is 5.41 Å². The summed E-state index contributed by atoms with van der Waals surface area (Å²) in [5.74, 6) is -0.437. The quantitative estimate of drug-likeness (QED) is 0.751. The van der Waals surface area contributed by atoms with Gasteiger partial charge in [-0.25, -0.2) is 4.98 Å². The van der Waals surface area contributed by atoms with Gasteiger partial charge in [-0.1, -0.05) is 13.8 Å². The number of methoxy groups -OCH3 is 1. The number of thiazole rings is 1. The van der Waals surface area contributed by atoms with E-state index in [4.69, 9.17) is 4.74 Å². The minimum absolute atomic E-state index is 0.101. The van der Waals surface area contributed by atoms with Crippen molar-refractivity contribution in [2.24, 2.45) is 5.41 Å².